The molecule has 0 N–H and O–H groups in total. The number of likely N-dealkylation sites (tertiary alicyclic amines) is 1. The van der Waals surface area contributed by atoms with Crippen molar-refractivity contribution in [2.24, 2.45) is 0 Å². The van der Waals surface area contributed by atoms with Crippen LogP contribution < -0.4 is 0 Å². The number of nitrogens with zero attached hydrogens (tertiary/aromatic N) is 5. The normalized spacial score (nSPS) is 15.4. The number of carbonyl (C=O) groups excluding carboxylic acids is 1. The summed E-state index contributed by atoms with van der Waals surface area (Å²) in [5.74, 6) is 0.853. The molecule has 0 radical (unpaired) electrons. The lowest BCUT2D eigenvalue weighted by atomic mass is 9.96. The molecule has 4 aromatic heterocycles. The van der Waals surface area contributed by atoms with Crippen molar-refractivity contribution in [2.75, 3.05) is 13.1 Å². The van der Waals surface area contributed by atoms with Crippen LogP contribution in [-0.2, 0) is 6.42 Å². The molecule has 4 aromatic rings. The van der Waals surface area contributed by atoms with Gasteiger partial charge in [-0.25, -0.2) is 9.97 Å². The van der Waals surface area contributed by atoms with Gasteiger partial charge in [-0.3, -0.25) is 14.8 Å². The quantitative estimate of drug-likeness (QED) is 0.401. The molecule has 0 unspecified atom stereocenters. The first kappa shape index (κ1) is 21.4. The third-order valence-electron chi connectivity index (χ3n) is 6.35. The first-order valence-electron chi connectivity index (χ1n) is 11.5. The van der Waals surface area contributed by atoms with Crippen molar-refractivity contribution in [2.45, 2.75) is 45.1 Å². The number of rotatable bonds is 6. The van der Waals surface area contributed by atoms with Crippen LogP contribution in [0.3, 0.4) is 0 Å². The van der Waals surface area contributed by atoms with Crippen LogP contribution in [0.5, 0.6) is 0 Å². The fourth-order valence-electron chi connectivity index (χ4n) is 4.35. The van der Waals surface area contributed by atoms with Crippen molar-refractivity contribution in [3.8, 4) is 11.3 Å². The second-order valence-corrected chi connectivity index (χ2v) is 8.88. The van der Waals surface area contributed by atoms with Gasteiger partial charge in [-0.05, 0) is 70.1 Å². The fraction of sp³-hybridized carbons (Fsp3) is 0.346. The van der Waals surface area contributed by atoms with Gasteiger partial charge in [0.2, 0.25) is 0 Å². The molecule has 0 aromatic carbocycles. The number of Topliss-reactive ketones (excluding diaryl/α,β-unsaturated/α-hetero) is 1. The molecule has 1 saturated heterocycles. The highest BCUT2D eigenvalue weighted by Crippen LogP contribution is 2.28. The van der Waals surface area contributed by atoms with E-state index >= 15 is 0 Å². The predicted octanol–water partition coefficient (Wildman–Crippen LogP) is 4.69. The molecular formula is C26H27N5O2. The van der Waals surface area contributed by atoms with Gasteiger partial charge < -0.3 is 9.32 Å². The summed E-state index contributed by atoms with van der Waals surface area (Å²) in [6.45, 7) is 6.50. The third kappa shape index (κ3) is 4.68. The molecule has 0 saturated carbocycles. The van der Waals surface area contributed by atoms with E-state index in [2.05, 4.69) is 33.7 Å². The van der Waals surface area contributed by atoms with E-state index in [1.54, 1.807) is 18.6 Å². The zero-order valence-electron chi connectivity index (χ0n) is 18.9. The Bertz CT molecular complexity index is 1260. The number of pyridine rings is 3. The lowest BCUT2D eigenvalue weighted by Gasteiger charge is -2.33. The maximum Gasteiger partial charge on any atom is 0.197 e. The van der Waals surface area contributed by atoms with Crippen molar-refractivity contribution in [1.29, 1.82) is 0 Å². The molecule has 7 nitrogen and oxygen atoms in total. The highest BCUT2D eigenvalue weighted by Gasteiger charge is 2.26. The van der Waals surface area contributed by atoms with Gasteiger partial charge in [0.25, 0.3) is 0 Å². The Balaban J connectivity index is 1.29. The molecule has 5 rings (SSSR count). The van der Waals surface area contributed by atoms with Gasteiger partial charge in [0.05, 0.1) is 23.3 Å². The molecule has 0 bridgehead atoms. The summed E-state index contributed by atoms with van der Waals surface area (Å²) in [7, 11) is 0. The van der Waals surface area contributed by atoms with Crippen molar-refractivity contribution in [3.05, 3.63) is 72.5 Å². The van der Waals surface area contributed by atoms with Gasteiger partial charge >= 0.3 is 0 Å². The monoisotopic (exact) mass is 441 g/mol. The zero-order valence-corrected chi connectivity index (χ0v) is 18.9. The second-order valence-electron chi connectivity index (χ2n) is 8.88. The van der Waals surface area contributed by atoms with Crippen LogP contribution in [0.4, 0.5) is 0 Å². The largest absolute Gasteiger partial charge is 0.448 e. The van der Waals surface area contributed by atoms with Crippen LogP contribution in [0.2, 0.25) is 0 Å². The molecular weight excluding hydrogens is 414 g/mol. The second kappa shape index (κ2) is 9.19. The van der Waals surface area contributed by atoms with E-state index in [0.717, 1.165) is 48.1 Å². The van der Waals surface area contributed by atoms with Gasteiger partial charge in [0.15, 0.2) is 11.7 Å². The van der Waals surface area contributed by atoms with Gasteiger partial charge in [0.1, 0.15) is 12.0 Å². The van der Waals surface area contributed by atoms with Crippen LogP contribution in [0, 0.1) is 0 Å². The molecule has 1 fully saturated rings. The van der Waals surface area contributed by atoms with E-state index in [-0.39, 0.29) is 18.1 Å². The van der Waals surface area contributed by atoms with E-state index in [9.17, 15) is 4.79 Å². The molecule has 33 heavy (non-hydrogen) atoms. The van der Waals surface area contributed by atoms with Crippen molar-refractivity contribution in [3.63, 3.8) is 0 Å². The molecule has 168 valence electrons. The summed E-state index contributed by atoms with van der Waals surface area (Å²) in [5, 5.41) is 0.926. The van der Waals surface area contributed by atoms with Gasteiger partial charge in [-0.1, -0.05) is 0 Å². The zero-order chi connectivity index (χ0) is 22.8. The minimum Gasteiger partial charge on any atom is -0.448 e. The molecule has 0 spiro atoms. The maximum atomic E-state index is 12.9. The average molecular weight is 442 g/mol. The number of hydrogen-bond donors (Lipinski definition) is 0. The topological polar surface area (TPSA) is 85.0 Å². The Morgan fingerprint density at radius 3 is 2.76 bits per heavy atom. The summed E-state index contributed by atoms with van der Waals surface area (Å²) in [5.41, 5.74) is 3.62. The maximum absolute atomic E-state index is 12.9. The molecule has 1 aliphatic heterocycles. The summed E-state index contributed by atoms with van der Waals surface area (Å²) >= 11 is 0. The van der Waals surface area contributed by atoms with Gasteiger partial charge in [0, 0.05) is 41.5 Å². The van der Waals surface area contributed by atoms with E-state index in [0.29, 0.717) is 23.3 Å². The van der Waals surface area contributed by atoms with E-state index in [1.807, 2.05) is 30.3 Å². The number of fused-ring (bicyclic) bond motifs is 1. The summed E-state index contributed by atoms with van der Waals surface area (Å²) in [6.07, 6.45) is 8.94. The molecule has 5 heterocycles. The average Bonchev–Trinajstić information content (AvgIpc) is 3.35. The Morgan fingerprint density at radius 2 is 2.00 bits per heavy atom. The molecule has 1 aliphatic rings. The fourth-order valence-corrected chi connectivity index (χ4v) is 4.35. The first-order valence-corrected chi connectivity index (χ1v) is 11.5. The standard InChI is InChI=1S/C26H27N5O2/c1-17(2)31-10-7-18(8-11-31)26-30-24(16-33-26)25(32)13-21-12-23-20(15-28-21)5-6-22(29-23)19-4-3-9-27-14-19/h3-6,9,12,14-18H,7-8,10-11,13H2,1-2H3. The van der Waals surface area contributed by atoms with Crippen LogP contribution in [0.25, 0.3) is 22.2 Å². The Labute approximate surface area is 192 Å². The number of hydrogen-bond acceptors (Lipinski definition) is 7. The number of oxazole rings is 1. The van der Waals surface area contributed by atoms with Crippen LogP contribution in [0.15, 0.2) is 59.6 Å². The minimum absolute atomic E-state index is 0.0973. The molecule has 0 amide bonds. The van der Waals surface area contributed by atoms with Crippen LogP contribution >= 0.6 is 0 Å². The summed E-state index contributed by atoms with van der Waals surface area (Å²) in [6, 6.07) is 10.2. The van der Waals surface area contributed by atoms with Crippen molar-refractivity contribution >= 4 is 16.7 Å². The molecule has 0 atom stereocenters. The summed E-state index contributed by atoms with van der Waals surface area (Å²) < 4.78 is 5.70. The Hall–Kier alpha value is -3.45. The van der Waals surface area contributed by atoms with E-state index < -0.39 is 0 Å². The van der Waals surface area contributed by atoms with E-state index in [4.69, 9.17) is 9.40 Å². The van der Waals surface area contributed by atoms with Crippen LogP contribution in [0.1, 0.15) is 54.7 Å². The minimum atomic E-state index is -0.0973. The lowest BCUT2D eigenvalue weighted by molar-refractivity contribution is 0.0987. The smallest absolute Gasteiger partial charge is 0.197 e. The van der Waals surface area contributed by atoms with E-state index in [1.165, 1.54) is 6.26 Å². The number of aromatic nitrogens is 4. The number of carbonyl (C=O) groups is 1. The highest BCUT2D eigenvalue weighted by molar-refractivity contribution is 5.95. The SMILES string of the molecule is CC(C)N1CCC(c2nc(C(=O)Cc3cc4nc(-c5cccnc5)ccc4cn3)co2)CC1. The Kier molecular flexibility index (Phi) is 5.96. The van der Waals surface area contributed by atoms with Crippen molar-refractivity contribution < 1.29 is 9.21 Å². The van der Waals surface area contributed by atoms with Gasteiger partial charge in [-0.2, -0.15) is 0 Å². The number of piperidine rings is 1. The van der Waals surface area contributed by atoms with Gasteiger partial charge in [-0.15, -0.1) is 0 Å². The highest BCUT2D eigenvalue weighted by atomic mass is 16.3. The molecule has 0 aliphatic carbocycles. The summed E-state index contributed by atoms with van der Waals surface area (Å²) in [4.78, 5) is 33.2. The first-order chi connectivity index (χ1) is 16.1. The Morgan fingerprint density at radius 1 is 1.15 bits per heavy atom. The number of ketones is 1. The molecule has 7 heteroatoms. The predicted molar refractivity (Wildman–Crippen MR) is 126 cm³/mol. The lowest BCUT2D eigenvalue weighted by Crippen LogP contribution is -2.37. The third-order valence-corrected chi connectivity index (χ3v) is 6.35. The van der Waals surface area contributed by atoms with Crippen LogP contribution in [-0.4, -0.2) is 49.8 Å². The van der Waals surface area contributed by atoms with Crippen molar-refractivity contribution in [1.82, 2.24) is 24.8 Å².